The second-order valence-electron chi connectivity index (χ2n) is 7.50. The van der Waals surface area contributed by atoms with Crippen molar-refractivity contribution in [2.45, 2.75) is 0 Å². The molecule has 0 N–H and O–H groups in total. The highest BCUT2D eigenvalue weighted by atomic mass is 79.9. The molecular formula is C28H17Br. The lowest BCUT2D eigenvalue weighted by Crippen LogP contribution is -1.88. The van der Waals surface area contributed by atoms with Gasteiger partial charge in [0.05, 0.1) is 0 Å². The SMILES string of the molecule is Brc1c2ccccc2c(-c2ccc3c(ccc4ccccc43)c2)c2ccccc12. The Hall–Kier alpha value is -3.16. The Bertz CT molecular complexity index is 1500. The average Bonchev–Trinajstić information content (AvgIpc) is 2.79. The van der Waals surface area contributed by atoms with E-state index in [9.17, 15) is 0 Å². The van der Waals surface area contributed by atoms with Crippen molar-refractivity contribution in [3.63, 3.8) is 0 Å². The summed E-state index contributed by atoms with van der Waals surface area (Å²) in [4.78, 5) is 0. The topological polar surface area (TPSA) is 0 Å². The van der Waals surface area contributed by atoms with Gasteiger partial charge in [-0.15, -0.1) is 0 Å². The molecule has 0 bridgehead atoms. The quantitative estimate of drug-likeness (QED) is 0.180. The molecule has 0 unspecified atom stereocenters. The fraction of sp³-hybridized carbons (Fsp3) is 0. The van der Waals surface area contributed by atoms with Crippen LogP contribution in [0.2, 0.25) is 0 Å². The van der Waals surface area contributed by atoms with Crippen molar-refractivity contribution in [2.75, 3.05) is 0 Å². The van der Waals surface area contributed by atoms with E-state index in [0.717, 1.165) is 0 Å². The summed E-state index contributed by atoms with van der Waals surface area (Å²) in [5, 5.41) is 10.2. The highest BCUT2D eigenvalue weighted by Crippen LogP contribution is 2.42. The first-order chi connectivity index (χ1) is 14.3. The minimum atomic E-state index is 1.17. The molecule has 1 heteroatoms. The number of hydrogen-bond acceptors (Lipinski definition) is 0. The molecule has 6 rings (SSSR count). The Morgan fingerprint density at radius 3 is 1.62 bits per heavy atom. The predicted molar refractivity (Wildman–Crippen MR) is 130 cm³/mol. The van der Waals surface area contributed by atoms with Gasteiger partial charge in [0, 0.05) is 4.47 Å². The summed E-state index contributed by atoms with van der Waals surface area (Å²) in [6, 6.07) is 37.3. The normalized spacial score (nSPS) is 11.6. The molecule has 0 aliphatic heterocycles. The monoisotopic (exact) mass is 432 g/mol. The summed E-state index contributed by atoms with van der Waals surface area (Å²) < 4.78 is 1.17. The zero-order valence-electron chi connectivity index (χ0n) is 15.7. The third kappa shape index (κ3) is 2.51. The van der Waals surface area contributed by atoms with Crippen molar-refractivity contribution in [1.29, 1.82) is 0 Å². The summed E-state index contributed by atoms with van der Waals surface area (Å²) in [5.74, 6) is 0. The lowest BCUT2D eigenvalue weighted by Gasteiger charge is -2.15. The largest absolute Gasteiger partial charge is 0.0616 e. The van der Waals surface area contributed by atoms with Gasteiger partial charge in [0.15, 0.2) is 0 Å². The van der Waals surface area contributed by atoms with Gasteiger partial charge < -0.3 is 0 Å². The fourth-order valence-corrected chi connectivity index (χ4v) is 5.25. The van der Waals surface area contributed by atoms with Gasteiger partial charge in [-0.25, -0.2) is 0 Å². The van der Waals surface area contributed by atoms with Crippen LogP contribution in [-0.2, 0) is 0 Å². The smallest absolute Gasteiger partial charge is 0.0332 e. The third-order valence-electron chi connectivity index (χ3n) is 5.90. The zero-order valence-corrected chi connectivity index (χ0v) is 17.3. The molecule has 0 radical (unpaired) electrons. The van der Waals surface area contributed by atoms with E-state index in [0.29, 0.717) is 0 Å². The summed E-state index contributed by atoms with van der Waals surface area (Å²) in [6.45, 7) is 0. The van der Waals surface area contributed by atoms with Crippen LogP contribution in [0.5, 0.6) is 0 Å². The van der Waals surface area contributed by atoms with Crippen molar-refractivity contribution < 1.29 is 0 Å². The molecule has 6 aromatic carbocycles. The lowest BCUT2D eigenvalue weighted by molar-refractivity contribution is 1.70. The Balaban J connectivity index is 1.74. The van der Waals surface area contributed by atoms with Crippen molar-refractivity contribution in [1.82, 2.24) is 0 Å². The number of benzene rings is 6. The molecule has 0 saturated heterocycles. The molecule has 0 saturated carbocycles. The molecule has 6 aromatic rings. The van der Waals surface area contributed by atoms with E-state index in [1.54, 1.807) is 0 Å². The van der Waals surface area contributed by atoms with Gasteiger partial charge in [-0.3, -0.25) is 0 Å². The van der Waals surface area contributed by atoms with Crippen molar-refractivity contribution in [3.05, 3.63) is 108 Å². The predicted octanol–water partition coefficient (Wildman–Crippen LogP) is 8.73. The molecule has 0 fully saturated rings. The van der Waals surface area contributed by atoms with Crippen molar-refractivity contribution >= 4 is 59.0 Å². The highest BCUT2D eigenvalue weighted by Gasteiger charge is 2.14. The third-order valence-corrected chi connectivity index (χ3v) is 6.75. The molecule has 0 amide bonds. The van der Waals surface area contributed by atoms with Gasteiger partial charge in [-0.05, 0) is 76.2 Å². The molecule has 29 heavy (non-hydrogen) atoms. The number of fused-ring (bicyclic) bond motifs is 5. The highest BCUT2D eigenvalue weighted by molar-refractivity contribution is 9.10. The summed E-state index contributed by atoms with van der Waals surface area (Å²) in [5.41, 5.74) is 2.56. The first-order valence-electron chi connectivity index (χ1n) is 9.82. The molecule has 0 nitrogen and oxygen atoms in total. The Labute approximate surface area is 177 Å². The molecule has 0 spiro atoms. The molecule has 136 valence electrons. The molecule has 0 heterocycles. The van der Waals surface area contributed by atoms with E-state index in [4.69, 9.17) is 0 Å². The molecule has 0 aliphatic rings. The van der Waals surface area contributed by atoms with E-state index in [2.05, 4.69) is 119 Å². The van der Waals surface area contributed by atoms with Crippen LogP contribution in [0.3, 0.4) is 0 Å². The molecule has 0 aromatic heterocycles. The summed E-state index contributed by atoms with van der Waals surface area (Å²) in [7, 11) is 0. The van der Waals surface area contributed by atoms with Crippen LogP contribution in [0.4, 0.5) is 0 Å². The average molecular weight is 433 g/mol. The van der Waals surface area contributed by atoms with Crippen LogP contribution in [0, 0.1) is 0 Å². The lowest BCUT2D eigenvalue weighted by atomic mass is 9.90. The minimum absolute atomic E-state index is 1.17. The van der Waals surface area contributed by atoms with Crippen LogP contribution in [0.15, 0.2) is 108 Å². The van der Waals surface area contributed by atoms with Gasteiger partial charge in [0.2, 0.25) is 0 Å². The van der Waals surface area contributed by atoms with E-state index in [-0.39, 0.29) is 0 Å². The number of rotatable bonds is 1. The van der Waals surface area contributed by atoms with E-state index >= 15 is 0 Å². The van der Waals surface area contributed by atoms with Crippen LogP contribution < -0.4 is 0 Å². The van der Waals surface area contributed by atoms with Crippen molar-refractivity contribution in [2.24, 2.45) is 0 Å². The van der Waals surface area contributed by atoms with E-state index < -0.39 is 0 Å². The standard InChI is InChI=1S/C28H17Br/c29-28-25-11-5-3-9-23(25)27(24-10-4-6-12-26(24)28)20-15-16-22-19(17-20)14-13-18-7-1-2-8-21(18)22/h1-17H. The molecular weight excluding hydrogens is 416 g/mol. The number of halogens is 1. The summed E-state index contributed by atoms with van der Waals surface area (Å²) in [6.07, 6.45) is 0. The molecule has 0 aliphatic carbocycles. The van der Waals surface area contributed by atoms with Crippen LogP contribution >= 0.6 is 15.9 Å². The molecule has 0 atom stereocenters. The second kappa shape index (κ2) is 6.43. The van der Waals surface area contributed by atoms with Gasteiger partial charge in [-0.2, -0.15) is 0 Å². The Morgan fingerprint density at radius 1 is 0.414 bits per heavy atom. The maximum absolute atomic E-state index is 3.86. The fourth-order valence-electron chi connectivity index (χ4n) is 4.55. The van der Waals surface area contributed by atoms with Crippen LogP contribution in [0.25, 0.3) is 54.2 Å². The summed E-state index contributed by atoms with van der Waals surface area (Å²) >= 11 is 3.86. The van der Waals surface area contributed by atoms with Gasteiger partial charge in [0.1, 0.15) is 0 Å². The zero-order chi connectivity index (χ0) is 19.4. The van der Waals surface area contributed by atoms with Crippen LogP contribution in [-0.4, -0.2) is 0 Å². The minimum Gasteiger partial charge on any atom is -0.0616 e. The second-order valence-corrected chi connectivity index (χ2v) is 8.30. The van der Waals surface area contributed by atoms with Gasteiger partial charge in [0.25, 0.3) is 0 Å². The van der Waals surface area contributed by atoms with Gasteiger partial charge in [-0.1, -0.05) is 97.1 Å². The maximum atomic E-state index is 3.86. The first kappa shape index (κ1) is 16.8. The van der Waals surface area contributed by atoms with Crippen molar-refractivity contribution in [3.8, 4) is 11.1 Å². The Kier molecular flexibility index (Phi) is 3.72. The Morgan fingerprint density at radius 2 is 0.931 bits per heavy atom. The van der Waals surface area contributed by atoms with E-state index in [1.165, 1.54) is 58.7 Å². The van der Waals surface area contributed by atoms with E-state index in [1.807, 2.05) is 0 Å². The maximum Gasteiger partial charge on any atom is 0.0332 e. The van der Waals surface area contributed by atoms with Gasteiger partial charge >= 0.3 is 0 Å². The number of hydrogen-bond donors (Lipinski definition) is 0. The van der Waals surface area contributed by atoms with Crippen LogP contribution in [0.1, 0.15) is 0 Å². The first-order valence-corrected chi connectivity index (χ1v) is 10.6.